The van der Waals surface area contributed by atoms with Crippen LogP contribution in [0.15, 0.2) is 53.4 Å². The molecular formula is C26H35N3O4S. The molecule has 1 heterocycles. The molecule has 0 atom stereocenters. The number of nitrogens with one attached hydrogen (secondary N) is 1. The second-order valence-electron chi connectivity index (χ2n) is 8.69. The normalized spacial score (nSPS) is 14.9. The highest BCUT2D eigenvalue weighted by Gasteiger charge is 2.28. The van der Waals surface area contributed by atoms with Gasteiger partial charge in [0, 0.05) is 44.2 Å². The molecule has 7 nitrogen and oxygen atoms in total. The highest BCUT2D eigenvalue weighted by molar-refractivity contribution is 7.89. The molecule has 0 aromatic heterocycles. The van der Waals surface area contributed by atoms with Crippen molar-refractivity contribution in [2.45, 2.75) is 57.4 Å². The van der Waals surface area contributed by atoms with Crippen molar-refractivity contribution in [1.29, 1.82) is 0 Å². The Hall–Kier alpha value is -2.71. The average Bonchev–Trinajstić information content (AvgIpc) is 2.84. The SMILES string of the molecule is CCN(CC)S(=O)(=O)c1cc(C(=O)N2CCC(NC(=O)CCc3ccccc3)CC2)ccc1C. The zero-order valence-electron chi connectivity index (χ0n) is 20.3. The summed E-state index contributed by atoms with van der Waals surface area (Å²) in [5, 5.41) is 3.09. The lowest BCUT2D eigenvalue weighted by Gasteiger charge is -2.32. The molecule has 1 fully saturated rings. The van der Waals surface area contributed by atoms with Gasteiger partial charge < -0.3 is 10.2 Å². The summed E-state index contributed by atoms with van der Waals surface area (Å²) in [5.41, 5.74) is 2.14. The maximum Gasteiger partial charge on any atom is 0.253 e. The third-order valence-corrected chi connectivity index (χ3v) is 8.58. The molecular weight excluding hydrogens is 450 g/mol. The number of hydrogen-bond donors (Lipinski definition) is 1. The van der Waals surface area contributed by atoms with E-state index in [1.807, 2.05) is 30.3 Å². The molecule has 2 aromatic rings. The fourth-order valence-corrected chi connectivity index (χ4v) is 6.03. The van der Waals surface area contributed by atoms with E-state index >= 15 is 0 Å². The highest BCUT2D eigenvalue weighted by atomic mass is 32.2. The molecule has 0 saturated carbocycles. The van der Waals surface area contributed by atoms with Crippen LogP contribution < -0.4 is 5.32 Å². The minimum Gasteiger partial charge on any atom is -0.353 e. The summed E-state index contributed by atoms with van der Waals surface area (Å²) >= 11 is 0. The molecule has 8 heteroatoms. The lowest BCUT2D eigenvalue weighted by atomic mass is 10.0. The van der Waals surface area contributed by atoms with Gasteiger partial charge in [-0.2, -0.15) is 4.31 Å². The molecule has 0 bridgehead atoms. The van der Waals surface area contributed by atoms with Gasteiger partial charge in [-0.3, -0.25) is 9.59 Å². The molecule has 1 aliphatic heterocycles. The Morgan fingerprint density at radius 1 is 1.03 bits per heavy atom. The Bertz CT molecular complexity index is 1090. The summed E-state index contributed by atoms with van der Waals surface area (Å²) in [4.78, 5) is 27.4. The zero-order valence-corrected chi connectivity index (χ0v) is 21.1. The number of sulfonamides is 1. The van der Waals surface area contributed by atoms with E-state index in [0.717, 1.165) is 5.56 Å². The minimum atomic E-state index is -3.65. The van der Waals surface area contributed by atoms with Gasteiger partial charge in [0.15, 0.2) is 0 Å². The van der Waals surface area contributed by atoms with Crippen molar-refractivity contribution in [1.82, 2.24) is 14.5 Å². The number of carbonyl (C=O) groups is 2. The summed E-state index contributed by atoms with van der Waals surface area (Å²) in [5.74, 6) is -0.150. The van der Waals surface area contributed by atoms with Crippen molar-refractivity contribution in [3.8, 4) is 0 Å². The first-order valence-electron chi connectivity index (χ1n) is 12.0. The van der Waals surface area contributed by atoms with Crippen molar-refractivity contribution in [2.75, 3.05) is 26.2 Å². The quantitative estimate of drug-likeness (QED) is 0.590. The molecule has 0 aliphatic carbocycles. The summed E-state index contributed by atoms with van der Waals surface area (Å²) in [6.45, 7) is 7.15. The van der Waals surface area contributed by atoms with E-state index in [1.54, 1.807) is 37.8 Å². The zero-order chi connectivity index (χ0) is 24.7. The first-order valence-corrected chi connectivity index (χ1v) is 13.4. The van der Waals surface area contributed by atoms with Gasteiger partial charge in [0.25, 0.3) is 5.91 Å². The van der Waals surface area contributed by atoms with E-state index in [2.05, 4.69) is 5.32 Å². The number of piperidine rings is 1. The van der Waals surface area contributed by atoms with Crippen LogP contribution in [0.3, 0.4) is 0 Å². The Kier molecular flexibility index (Phi) is 8.85. The van der Waals surface area contributed by atoms with E-state index in [1.165, 1.54) is 10.4 Å². The predicted octanol–water partition coefficient (Wildman–Crippen LogP) is 3.38. The predicted molar refractivity (Wildman–Crippen MR) is 133 cm³/mol. The van der Waals surface area contributed by atoms with E-state index in [-0.39, 0.29) is 22.8 Å². The van der Waals surface area contributed by atoms with Gasteiger partial charge >= 0.3 is 0 Å². The van der Waals surface area contributed by atoms with Crippen LogP contribution in [0.5, 0.6) is 0 Å². The number of hydrogen-bond acceptors (Lipinski definition) is 4. The van der Waals surface area contributed by atoms with Crippen molar-refractivity contribution >= 4 is 21.8 Å². The van der Waals surface area contributed by atoms with E-state index in [4.69, 9.17) is 0 Å². The summed E-state index contributed by atoms with van der Waals surface area (Å²) in [7, 11) is -3.65. The van der Waals surface area contributed by atoms with Gasteiger partial charge in [-0.15, -0.1) is 0 Å². The molecule has 3 rings (SSSR count). The first kappa shape index (κ1) is 25.9. The van der Waals surface area contributed by atoms with E-state index in [0.29, 0.717) is 63.0 Å². The maximum absolute atomic E-state index is 13.1. The number of nitrogens with zero attached hydrogens (tertiary/aromatic N) is 2. The molecule has 1 aliphatic rings. The summed E-state index contributed by atoms with van der Waals surface area (Å²) in [6.07, 6.45) is 2.50. The minimum absolute atomic E-state index is 0.0263. The van der Waals surface area contributed by atoms with Gasteiger partial charge in [0.2, 0.25) is 15.9 Å². The van der Waals surface area contributed by atoms with Crippen molar-refractivity contribution in [3.63, 3.8) is 0 Å². The van der Waals surface area contributed by atoms with Crippen LogP contribution >= 0.6 is 0 Å². The van der Waals surface area contributed by atoms with Crippen LogP contribution in [0, 0.1) is 6.92 Å². The Morgan fingerprint density at radius 2 is 1.68 bits per heavy atom. The second kappa shape index (κ2) is 11.6. The maximum atomic E-state index is 13.1. The molecule has 1 saturated heterocycles. The van der Waals surface area contributed by atoms with Crippen LogP contribution in [0.25, 0.3) is 0 Å². The second-order valence-corrected chi connectivity index (χ2v) is 10.6. The average molecular weight is 486 g/mol. The van der Waals surface area contributed by atoms with Crippen molar-refractivity contribution in [3.05, 3.63) is 65.2 Å². The molecule has 34 heavy (non-hydrogen) atoms. The van der Waals surface area contributed by atoms with Crippen molar-refractivity contribution < 1.29 is 18.0 Å². The fraction of sp³-hybridized carbons (Fsp3) is 0.462. The largest absolute Gasteiger partial charge is 0.353 e. The summed E-state index contributed by atoms with van der Waals surface area (Å²) in [6, 6.07) is 14.9. The third-order valence-electron chi connectivity index (χ3n) is 6.39. The number of carbonyl (C=O) groups excluding carboxylic acids is 2. The molecule has 0 unspecified atom stereocenters. The number of likely N-dealkylation sites (tertiary alicyclic amines) is 1. The molecule has 0 radical (unpaired) electrons. The van der Waals surface area contributed by atoms with Crippen LogP contribution in [0.1, 0.15) is 54.6 Å². The lowest BCUT2D eigenvalue weighted by Crippen LogP contribution is -2.46. The van der Waals surface area contributed by atoms with Crippen molar-refractivity contribution in [2.24, 2.45) is 0 Å². The Balaban J connectivity index is 1.57. The highest BCUT2D eigenvalue weighted by Crippen LogP contribution is 2.23. The molecule has 2 aromatic carbocycles. The van der Waals surface area contributed by atoms with Crippen LogP contribution in [0.4, 0.5) is 0 Å². The molecule has 1 N–H and O–H groups in total. The molecule has 0 spiro atoms. The first-order chi connectivity index (χ1) is 16.3. The summed E-state index contributed by atoms with van der Waals surface area (Å²) < 4.78 is 27.4. The van der Waals surface area contributed by atoms with Gasteiger partial charge in [0.1, 0.15) is 0 Å². The number of rotatable bonds is 9. The fourth-order valence-electron chi connectivity index (χ4n) is 4.33. The smallest absolute Gasteiger partial charge is 0.253 e. The van der Waals surface area contributed by atoms with Crippen LogP contribution in [-0.4, -0.2) is 61.7 Å². The number of amides is 2. The Labute approximate surface area is 203 Å². The topological polar surface area (TPSA) is 86.8 Å². The monoisotopic (exact) mass is 485 g/mol. The van der Waals surface area contributed by atoms with E-state index < -0.39 is 10.0 Å². The number of benzene rings is 2. The third kappa shape index (κ3) is 6.24. The lowest BCUT2D eigenvalue weighted by molar-refractivity contribution is -0.122. The standard InChI is InChI=1S/C26H35N3O4S/c1-4-29(5-2)34(32,33)24-19-22(13-11-20(24)3)26(31)28-17-15-23(16-18-28)27-25(30)14-12-21-9-7-6-8-10-21/h6-11,13,19,23H,4-5,12,14-18H2,1-3H3,(H,27,30). The molecule has 2 amide bonds. The van der Waals surface area contributed by atoms with Gasteiger partial charge in [-0.05, 0) is 49.4 Å². The van der Waals surface area contributed by atoms with E-state index in [9.17, 15) is 18.0 Å². The van der Waals surface area contributed by atoms with Crippen LogP contribution in [0.2, 0.25) is 0 Å². The molecule has 184 valence electrons. The Morgan fingerprint density at radius 3 is 2.29 bits per heavy atom. The van der Waals surface area contributed by atoms with Gasteiger partial charge in [0.05, 0.1) is 4.90 Å². The van der Waals surface area contributed by atoms with Gasteiger partial charge in [-0.1, -0.05) is 50.2 Å². The number of aryl methyl sites for hydroxylation is 2. The van der Waals surface area contributed by atoms with Crippen LogP contribution in [-0.2, 0) is 21.2 Å². The van der Waals surface area contributed by atoms with Gasteiger partial charge in [-0.25, -0.2) is 8.42 Å².